The molecule has 1 fully saturated rings. The van der Waals surface area contributed by atoms with Gasteiger partial charge in [0.15, 0.2) is 11.4 Å². The Hall–Kier alpha value is -3.70. The Morgan fingerprint density at radius 3 is 2.65 bits per heavy atom. The summed E-state index contributed by atoms with van der Waals surface area (Å²) in [5.41, 5.74) is 0.986. The molecule has 1 atom stereocenters. The van der Waals surface area contributed by atoms with Crippen molar-refractivity contribution in [3.05, 3.63) is 79.7 Å². The Kier molecular flexibility index (Phi) is 6.50. The molecule has 194 valence electrons. The number of aromatic nitrogens is 3. The molecule has 0 radical (unpaired) electrons. The van der Waals surface area contributed by atoms with Gasteiger partial charge in [0.2, 0.25) is 5.43 Å². The van der Waals surface area contributed by atoms with Crippen molar-refractivity contribution in [2.24, 2.45) is 7.05 Å². The lowest BCUT2D eigenvalue weighted by Gasteiger charge is -2.47. The molecule has 1 saturated heterocycles. The highest BCUT2D eigenvalue weighted by molar-refractivity contribution is 6.30. The van der Waals surface area contributed by atoms with Crippen molar-refractivity contribution in [2.75, 3.05) is 13.1 Å². The van der Waals surface area contributed by atoms with Crippen LogP contribution in [-0.2, 0) is 26.7 Å². The summed E-state index contributed by atoms with van der Waals surface area (Å²) in [6.07, 6.45) is 1.68. The summed E-state index contributed by atoms with van der Waals surface area (Å²) in [6.45, 7) is 3.86. The average molecular weight is 529 g/mol. The van der Waals surface area contributed by atoms with E-state index >= 15 is 0 Å². The third kappa shape index (κ3) is 4.49. The molecule has 3 aromatic rings. The van der Waals surface area contributed by atoms with Gasteiger partial charge in [-0.1, -0.05) is 23.7 Å². The lowest BCUT2D eigenvalue weighted by molar-refractivity contribution is -0.0140. The standard InChI is InChI=1S/C25H26ClFN6O4/c1-14-17(23(26)30(2)29-14)11-31-8-3-9-33-19(31)13-32-12-18(21(34)22(35)20(32)25(33)37)24(36)28-10-15-4-6-16(27)7-5-15/h4-7,12,19,35H,3,8-11,13H2,1-2H3,(H,28,36). The highest BCUT2D eigenvalue weighted by Gasteiger charge is 2.41. The van der Waals surface area contributed by atoms with Gasteiger partial charge in [-0.25, -0.2) is 4.39 Å². The van der Waals surface area contributed by atoms with Crippen LogP contribution in [0.15, 0.2) is 35.3 Å². The van der Waals surface area contributed by atoms with Crippen molar-refractivity contribution in [2.45, 2.75) is 39.1 Å². The van der Waals surface area contributed by atoms with E-state index in [1.165, 1.54) is 35.0 Å². The molecule has 12 heteroatoms. The summed E-state index contributed by atoms with van der Waals surface area (Å²) in [6, 6.07) is 5.59. The first kappa shape index (κ1) is 25.0. The van der Waals surface area contributed by atoms with Crippen molar-refractivity contribution in [3.63, 3.8) is 0 Å². The summed E-state index contributed by atoms with van der Waals surface area (Å²) in [5, 5.41) is 18.2. The topological polar surface area (TPSA) is 113 Å². The zero-order chi connectivity index (χ0) is 26.4. The number of carbonyl (C=O) groups excluding carboxylic acids is 2. The normalized spacial score (nSPS) is 17.5. The van der Waals surface area contributed by atoms with E-state index < -0.39 is 28.8 Å². The van der Waals surface area contributed by atoms with Gasteiger partial charge >= 0.3 is 0 Å². The number of aryl methyl sites for hydroxylation is 2. The number of nitrogens with zero attached hydrogens (tertiary/aromatic N) is 5. The molecule has 4 heterocycles. The van der Waals surface area contributed by atoms with E-state index in [1.807, 2.05) is 6.92 Å². The maximum atomic E-state index is 13.4. The molecule has 2 aliphatic rings. The third-order valence-corrected chi connectivity index (χ3v) is 7.42. The zero-order valence-electron chi connectivity index (χ0n) is 20.4. The fourth-order valence-corrected chi connectivity index (χ4v) is 5.24. The highest BCUT2D eigenvalue weighted by atomic mass is 35.5. The Morgan fingerprint density at radius 1 is 1.24 bits per heavy atom. The number of aromatic hydroxyl groups is 1. The molecular weight excluding hydrogens is 503 g/mol. The average Bonchev–Trinajstić information content (AvgIpc) is 3.11. The highest BCUT2D eigenvalue weighted by Crippen LogP contribution is 2.30. The first-order chi connectivity index (χ1) is 17.7. The fourth-order valence-electron chi connectivity index (χ4n) is 5.00. The minimum Gasteiger partial charge on any atom is -0.503 e. The molecule has 1 aromatic carbocycles. The van der Waals surface area contributed by atoms with Gasteiger partial charge in [0.1, 0.15) is 22.7 Å². The lowest BCUT2D eigenvalue weighted by Crippen LogP contribution is -2.60. The van der Waals surface area contributed by atoms with Crippen LogP contribution in [0.5, 0.6) is 5.75 Å². The van der Waals surface area contributed by atoms with Crippen LogP contribution in [0.1, 0.15) is 44.1 Å². The van der Waals surface area contributed by atoms with Crippen LogP contribution in [0.25, 0.3) is 0 Å². The minimum absolute atomic E-state index is 0.0649. The summed E-state index contributed by atoms with van der Waals surface area (Å²) in [4.78, 5) is 42.8. The smallest absolute Gasteiger partial charge is 0.275 e. The fraction of sp³-hybridized carbons (Fsp3) is 0.360. The van der Waals surface area contributed by atoms with Crippen LogP contribution in [0.4, 0.5) is 4.39 Å². The second-order valence-electron chi connectivity index (χ2n) is 9.31. The Morgan fingerprint density at radius 2 is 1.97 bits per heavy atom. The van der Waals surface area contributed by atoms with Gasteiger partial charge in [-0.05, 0) is 31.0 Å². The number of nitrogens with one attached hydrogen (secondary N) is 1. The van der Waals surface area contributed by atoms with Crippen molar-refractivity contribution in [1.29, 1.82) is 0 Å². The minimum atomic E-state index is -0.915. The summed E-state index contributed by atoms with van der Waals surface area (Å²) >= 11 is 6.45. The SMILES string of the molecule is Cc1nn(C)c(Cl)c1CN1CCCN2C(=O)c3c(O)c(=O)c(C(=O)NCc4ccc(F)cc4)cn3CC12. The predicted octanol–water partition coefficient (Wildman–Crippen LogP) is 2.01. The second-order valence-corrected chi connectivity index (χ2v) is 9.67. The van der Waals surface area contributed by atoms with E-state index in [0.717, 1.165) is 11.3 Å². The first-order valence-corrected chi connectivity index (χ1v) is 12.3. The predicted molar refractivity (Wildman–Crippen MR) is 133 cm³/mol. The van der Waals surface area contributed by atoms with Crippen molar-refractivity contribution >= 4 is 23.4 Å². The molecule has 0 bridgehead atoms. The van der Waals surface area contributed by atoms with Crippen molar-refractivity contribution in [1.82, 2.24) is 29.5 Å². The van der Waals surface area contributed by atoms with Crippen LogP contribution in [0.2, 0.25) is 5.15 Å². The summed E-state index contributed by atoms with van der Waals surface area (Å²) in [7, 11) is 1.77. The lowest BCUT2D eigenvalue weighted by atomic mass is 10.1. The number of halogens is 2. The molecule has 2 N–H and O–H groups in total. The molecule has 37 heavy (non-hydrogen) atoms. The molecule has 1 unspecified atom stereocenters. The number of hydrogen-bond acceptors (Lipinski definition) is 6. The largest absolute Gasteiger partial charge is 0.503 e. The van der Waals surface area contributed by atoms with Crippen LogP contribution in [0.3, 0.4) is 0 Å². The number of hydrogen-bond donors (Lipinski definition) is 2. The van der Waals surface area contributed by atoms with E-state index in [1.54, 1.807) is 16.6 Å². The van der Waals surface area contributed by atoms with E-state index in [4.69, 9.17) is 11.6 Å². The van der Waals surface area contributed by atoms with Gasteiger partial charge in [0.05, 0.1) is 12.2 Å². The van der Waals surface area contributed by atoms with Crippen molar-refractivity contribution in [3.8, 4) is 5.75 Å². The molecule has 0 aliphatic carbocycles. The number of fused-ring (bicyclic) bond motifs is 2. The zero-order valence-corrected chi connectivity index (χ0v) is 21.1. The maximum absolute atomic E-state index is 13.4. The summed E-state index contributed by atoms with van der Waals surface area (Å²) < 4.78 is 16.2. The molecule has 10 nitrogen and oxygen atoms in total. The van der Waals surface area contributed by atoms with Gasteiger partial charge in [-0.3, -0.25) is 24.0 Å². The molecule has 2 amide bonds. The number of carbonyl (C=O) groups is 2. The van der Waals surface area contributed by atoms with Crippen LogP contribution >= 0.6 is 11.6 Å². The molecular formula is C25H26ClFN6O4. The van der Waals surface area contributed by atoms with E-state index in [9.17, 15) is 23.9 Å². The first-order valence-electron chi connectivity index (χ1n) is 11.9. The molecule has 5 rings (SSSR count). The molecule has 2 aliphatic heterocycles. The van der Waals surface area contributed by atoms with Crippen molar-refractivity contribution < 1.29 is 19.1 Å². The van der Waals surface area contributed by atoms with Gasteiger partial charge in [-0.15, -0.1) is 0 Å². The maximum Gasteiger partial charge on any atom is 0.275 e. The number of benzene rings is 1. The third-order valence-electron chi connectivity index (χ3n) is 6.95. The monoisotopic (exact) mass is 528 g/mol. The van der Waals surface area contributed by atoms with Gasteiger partial charge < -0.3 is 19.9 Å². The van der Waals surface area contributed by atoms with Crippen LogP contribution < -0.4 is 10.7 Å². The van der Waals surface area contributed by atoms with Crippen LogP contribution in [-0.4, -0.2) is 60.3 Å². The summed E-state index contributed by atoms with van der Waals surface area (Å²) in [5.74, 6) is -2.32. The number of amides is 2. The second kappa shape index (κ2) is 9.64. The molecule has 0 spiro atoms. The van der Waals surface area contributed by atoms with E-state index in [0.29, 0.717) is 36.8 Å². The van der Waals surface area contributed by atoms with Crippen LogP contribution in [0, 0.1) is 12.7 Å². The Bertz CT molecular complexity index is 1450. The van der Waals surface area contributed by atoms with E-state index in [2.05, 4.69) is 15.3 Å². The molecule has 2 aromatic heterocycles. The quantitative estimate of drug-likeness (QED) is 0.524. The Labute approximate surface area is 216 Å². The van der Waals surface area contributed by atoms with Gasteiger partial charge in [-0.2, -0.15) is 5.10 Å². The van der Waals surface area contributed by atoms with E-state index in [-0.39, 0.29) is 30.5 Å². The van der Waals surface area contributed by atoms with Gasteiger partial charge in [0.25, 0.3) is 11.8 Å². The molecule has 0 saturated carbocycles. The number of rotatable bonds is 5. The van der Waals surface area contributed by atoms with Gasteiger partial charge in [0, 0.05) is 45.0 Å². The Balaban J connectivity index is 1.43. The number of pyridine rings is 1.